The molecule has 0 N–H and O–H groups in total. The Morgan fingerprint density at radius 2 is 1.55 bits per heavy atom. The van der Waals surface area contributed by atoms with Gasteiger partial charge in [0.15, 0.2) is 0 Å². The zero-order valence-corrected chi connectivity index (χ0v) is 27.4. The monoisotopic (exact) mass is 722 g/mol. The van der Waals surface area contributed by atoms with Crippen LogP contribution in [0.2, 0.25) is 0 Å². The molecular formula is C37H34F8N2O4. The maximum absolute atomic E-state index is 14.7. The number of amides is 1. The van der Waals surface area contributed by atoms with Gasteiger partial charge in [0.1, 0.15) is 11.6 Å². The van der Waals surface area contributed by atoms with E-state index in [0.717, 1.165) is 24.3 Å². The summed E-state index contributed by atoms with van der Waals surface area (Å²) >= 11 is 0. The molecule has 0 radical (unpaired) electrons. The first-order valence-electron chi connectivity index (χ1n) is 16.7. The van der Waals surface area contributed by atoms with Gasteiger partial charge in [-0.3, -0.25) is 14.5 Å². The van der Waals surface area contributed by atoms with Crippen molar-refractivity contribution in [1.29, 1.82) is 0 Å². The van der Waals surface area contributed by atoms with Crippen LogP contribution in [0.4, 0.5) is 40.8 Å². The van der Waals surface area contributed by atoms with E-state index in [-0.39, 0.29) is 28.9 Å². The molecule has 1 spiro atoms. The molecule has 0 bridgehead atoms. The lowest BCUT2D eigenvalue weighted by Crippen LogP contribution is -2.58. The highest BCUT2D eigenvalue weighted by Crippen LogP contribution is 2.57. The number of para-hydroxylation sites is 1. The fraction of sp³-hybridized carbons (Fsp3) is 0.459. The van der Waals surface area contributed by atoms with E-state index in [2.05, 4.69) is 4.90 Å². The van der Waals surface area contributed by atoms with E-state index >= 15 is 0 Å². The van der Waals surface area contributed by atoms with Crippen molar-refractivity contribution < 1.29 is 54.2 Å². The molecule has 1 amide bonds. The van der Waals surface area contributed by atoms with E-state index in [4.69, 9.17) is 9.47 Å². The lowest BCUT2D eigenvalue weighted by Gasteiger charge is -2.50. The standard InChI is InChI=1S/C37H34F8N2O4/c1-50-33(48)32-25-16-31-35(26-4-2-3-5-29(26)47(34(35)49)18-21-6-9-23(38)14-27(21)36(40,41)42)12-13-46(31)17-20(25)8-11-30(32)51-19-22-7-10-24(39)15-28(22)37(43,44)45/h2-7,9-10,14-15,20,25,30-32H,8,11-13,16-19H2,1H3/t20-,25?,30-,31?,32+,35-/m0/s1. The van der Waals surface area contributed by atoms with Gasteiger partial charge in [0, 0.05) is 18.3 Å². The molecule has 0 aromatic heterocycles. The summed E-state index contributed by atoms with van der Waals surface area (Å²) in [4.78, 5) is 31.6. The molecule has 1 saturated carbocycles. The third-order valence-corrected chi connectivity index (χ3v) is 11.4. The van der Waals surface area contributed by atoms with Crippen LogP contribution < -0.4 is 4.90 Å². The summed E-state index contributed by atoms with van der Waals surface area (Å²) < 4.78 is 122. The van der Waals surface area contributed by atoms with Gasteiger partial charge in [0.25, 0.3) is 0 Å². The molecule has 3 aromatic rings. The zero-order chi connectivity index (χ0) is 36.5. The molecule has 51 heavy (non-hydrogen) atoms. The van der Waals surface area contributed by atoms with E-state index in [0.29, 0.717) is 62.2 Å². The van der Waals surface area contributed by atoms with Crippen LogP contribution in [0.5, 0.6) is 0 Å². The van der Waals surface area contributed by atoms with Crippen molar-refractivity contribution in [1.82, 2.24) is 4.90 Å². The fourth-order valence-corrected chi connectivity index (χ4v) is 9.17. The van der Waals surface area contributed by atoms with Gasteiger partial charge in [-0.2, -0.15) is 26.3 Å². The number of benzene rings is 3. The first-order chi connectivity index (χ1) is 24.1. The van der Waals surface area contributed by atoms with Gasteiger partial charge in [0.05, 0.1) is 48.8 Å². The Hall–Kier alpha value is -4.04. The molecule has 14 heteroatoms. The van der Waals surface area contributed by atoms with Crippen molar-refractivity contribution in [3.05, 3.63) is 100 Å². The number of hydrogen-bond acceptors (Lipinski definition) is 5. The summed E-state index contributed by atoms with van der Waals surface area (Å²) in [7, 11) is 1.22. The number of fused-ring (bicyclic) bond motifs is 5. The molecular weight excluding hydrogens is 688 g/mol. The molecule has 3 aliphatic heterocycles. The molecule has 3 fully saturated rings. The van der Waals surface area contributed by atoms with Crippen LogP contribution in [-0.2, 0) is 50.0 Å². The average molecular weight is 723 g/mol. The molecule has 6 atom stereocenters. The number of esters is 1. The van der Waals surface area contributed by atoms with Gasteiger partial charge in [-0.05, 0) is 91.1 Å². The second kappa shape index (κ2) is 12.9. The quantitative estimate of drug-likeness (QED) is 0.193. The second-order valence-corrected chi connectivity index (χ2v) is 13.9. The van der Waals surface area contributed by atoms with E-state index < -0.39 is 77.7 Å². The van der Waals surface area contributed by atoms with Gasteiger partial charge in [-0.1, -0.05) is 30.3 Å². The van der Waals surface area contributed by atoms with Crippen LogP contribution >= 0.6 is 0 Å². The largest absolute Gasteiger partial charge is 0.469 e. The van der Waals surface area contributed by atoms with Crippen LogP contribution in [0.15, 0.2) is 60.7 Å². The Morgan fingerprint density at radius 3 is 2.22 bits per heavy atom. The molecule has 272 valence electrons. The average Bonchev–Trinajstić information content (AvgIpc) is 3.57. The second-order valence-electron chi connectivity index (χ2n) is 13.9. The van der Waals surface area contributed by atoms with Crippen molar-refractivity contribution >= 4 is 17.6 Å². The number of ether oxygens (including phenoxy) is 2. The first kappa shape index (κ1) is 35.4. The molecule has 4 aliphatic rings. The maximum Gasteiger partial charge on any atom is 0.416 e. The highest BCUT2D eigenvalue weighted by molar-refractivity contribution is 6.09. The Bertz CT molecular complexity index is 1850. The summed E-state index contributed by atoms with van der Waals surface area (Å²) in [6.45, 7) is 0.0998. The summed E-state index contributed by atoms with van der Waals surface area (Å²) in [5, 5.41) is 0. The van der Waals surface area contributed by atoms with Crippen molar-refractivity contribution in [2.24, 2.45) is 17.8 Å². The number of halogens is 8. The minimum atomic E-state index is -4.85. The normalized spacial score (nSPS) is 27.7. The molecule has 2 unspecified atom stereocenters. The van der Waals surface area contributed by atoms with E-state index in [1.165, 1.54) is 12.0 Å². The number of carbonyl (C=O) groups is 2. The highest BCUT2D eigenvalue weighted by atomic mass is 19.4. The number of rotatable bonds is 6. The Morgan fingerprint density at radius 1 is 0.902 bits per heavy atom. The third-order valence-electron chi connectivity index (χ3n) is 11.4. The molecule has 1 aliphatic carbocycles. The summed E-state index contributed by atoms with van der Waals surface area (Å²) in [5.41, 5.74) is -2.90. The predicted molar refractivity (Wildman–Crippen MR) is 167 cm³/mol. The summed E-state index contributed by atoms with van der Waals surface area (Å²) in [6.07, 6.45) is -8.84. The fourth-order valence-electron chi connectivity index (χ4n) is 9.17. The molecule has 3 heterocycles. The number of anilines is 1. The highest BCUT2D eigenvalue weighted by Gasteiger charge is 2.63. The lowest BCUT2D eigenvalue weighted by atomic mass is 9.62. The Labute approximate surface area is 288 Å². The molecule has 6 nitrogen and oxygen atoms in total. The van der Waals surface area contributed by atoms with E-state index in [9.17, 15) is 44.7 Å². The van der Waals surface area contributed by atoms with Crippen LogP contribution in [0.3, 0.4) is 0 Å². The van der Waals surface area contributed by atoms with Gasteiger partial charge in [-0.25, -0.2) is 8.78 Å². The number of alkyl halides is 6. The smallest absolute Gasteiger partial charge is 0.416 e. The van der Waals surface area contributed by atoms with Crippen LogP contribution in [0.1, 0.15) is 53.5 Å². The number of carbonyl (C=O) groups excluding carboxylic acids is 2. The molecule has 2 saturated heterocycles. The molecule has 7 rings (SSSR count). The summed E-state index contributed by atoms with van der Waals surface area (Å²) in [5.74, 6) is -4.36. The predicted octanol–water partition coefficient (Wildman–Crippen LogP) is 7.67. The zero-order valence-electron chi connectivity index (χ0n) is 27.4. The first-order valence-corrected chi connectivity index (χ1v) is 16.7. The van der Waals surface area contributed by atoms with Crippen LogP contribution in [0.25, 0.3) is 0 Å². The van der Waals surface area contributed by atoms with Gasteiger partial charge < -0.3 is 14.4 Å². The minimum Gasteiger partial charge on any atom is -0.469 e. The lowest BCUT2D eigenvalue weighted by molar-refractivity contribution is -0.166. The molecule has 3 aromatic carbocycles. The number of hydrogen-bond donors (Lipinski definition) is 0. The number of nitrogens with zero attached hydrogens (tertiary/aromatic N) is 2. The van der Waals surface area contributed by atoms with Gasteiger partial charge >= 0.3 is 18.3 Å². The van der Waals surface area contributed by atoms with Crippen LogP contribution in [-0.4, -0.2) is 49.1 Å². The SMILES string of the molecule is COC(=O)[C@@H]1C2CC3N(CC[C@@]34C(=O)N(Cc3ccc(F)cc3C(F)(F)F)c3ccccc34)C[C@@H]2CC[C@@H]1OCc1ccc(F)cc1C(F)(F)F. The van der Waals surface area contributed by atoms with E-state index in [1.54, 1.807) is 24.3 Å². The maximum atomic E-state index is 14.7. The number of piperidine rings is 1. The van der Waals surface area contributed by atoms with Gasteiger partial charge in [0.2, 0.25) is 5.91 Å². The Kier molecular flexibility index (Phi) is 8.93. The minimum absolute atomic E-state index is 0.0201. The van der Waals surface area contributed by atoms with Crippen molar-refractivity contribution in [3.63, 3.8) is 0 Å². The van der Waals surface area contributed by atoms with Crippen molar-refractivity contribution in [2.75, 3.05) is 25.1 Å². The van der Waals surface area contributed by atoms with E-state index in [1.807, 2.05) is 0 Å². The Balaban J connectivity index is 1.19. The van der Waals surface area contributed by atoms with Crippen molar-refractivity contribution in [2.45, 2.75) is 68.7 Å². The van der Waals surface area contributed by atoms with Crippen molar-refractivity contribution in [3.8, 4) is 0 Å². The van der Waals surface area contributed by atoms with Gasteiger partial charge in [-0.15, -0.1) is 0 Å². The third kappa shape index (κ3) is 6.07. The topological polar surface area (TPSA) is 59.1 Å². The number of methoxy groups -OCH3 is 1. The van der Waals surface area contributed by atoms with Crippen LogP contribution in [0, 0.1) is 29.4 Å². The summed E-state index contributed by atoms with van der Waals surface area (Å²) in [6, 6.07) is 11.2.